The first-order valence-corrected chi connectivity index (χ1v) is 8.71. The van der Waals surface area contributed by atoms with E-state index in [2.05, 4.69) is 49.9 Å². The zero-order valence-corrected chi connectivity index (χ0v) is 14.7. The molecular formula is C20H21ClS. The molecule has 1 heterocycles. The van der Waals surface area contributed by atoms with Crippen molar-refractivity contribution < 1.29 is 0 Å². The molecule has 0 aliphatic carbocycles. The molecule has 0 spiro atoms. The summed E-state index contributed by atoms with van der Waals surface area (Å²) in [6.45, 7) is 8.09. The molecule has 114 valence electrons. The predicted octanol–water partition coefficient (Wildman–Crippen LogP) is 7.21. The van der Waals surface area contributed by atoms with Gasteiger partial charge in [-0.2, -0.15) is 0 Å². The van der Waals surface area contributed by atoms with E-state index in [-0.39, 0.29) is 0 Å². The zero-order chi connectivity index (χ0) is 15.9. The summed E-state index contributed by atoms with van der Waals surface area (Å²) in [5, 5.41) is 2.09. The van der Waals surface area contributed by atoms with E-state index in [1.54, 1.807) is 0 Å². The van der Waals surface area contributed by atoms with Crippen LogP contribution in [-0.4, -0.2) is 0 Å². The van der Waals surface area contributed by atoms with Crippen molar-refractivity contribution in [1.29, 1.82) is 0 Å². The normalized spacial score (nSPS) is 12.8. The standard InChI is InChI=1S/C20H21ClS/c1-4-8-16(21)11-7-10-15-12-13-20-18(14-15)17(6-3)19(22-20)9-5-2/h5-9,11-14H,3-4,10H2,1-2H3/b9-5-,11-7-,16-8+. The third-order valence-corrected chi connectivity index (χ3v) is 4.80. The van der Waals surface area contributed by atoms with Crippen LogP contribution in [0.15, 0.2) is 54.1 Å². The number of hydrogen-bond acceptors (Lipinski definition) is 1. The van der Waals surface area contributed by atoms with Crippen LogP contribution in [0, 0.1) is 0 Å². The third kappa shape index (κ3) is 4.00. The van der Waals surface area contributed by atoms with Crippen LogP contribution in [0.25, 0.3) is 22.2 Å². The van der Waals surface area contributed by atoms with Gasteiger partial charge >= 0.3 is 0 Å². The van der Waals surface area contributed by atoms with E-state index < -0.39 is 0 Å². The second-order valence-corrected chi connectivity index (χ2v) is 6.54. The minimum Gasteiger partial charge on any atom is -0.135 e. The maximum Gasteiger partial charge on any atom is 0.0362 e. The molecule has 1 aromatic heterocycles. The van der Waals surface area contributed by atoms with Crippen molar-refractivity contribution in [3.63, 3.8) is 0 Å². The predicted molar refractivity (Wildman–Crippen MR) is 104 cm³/mol. The quantitative estimate of drug-likeness (QED) is 0.491. The summed E-state index contributed by atoms with van der Waals surface area (Å²) in [5.41, 5.74) is 2.52. The summed E-state index contributed by atoms with van der Waals surface area (Å²) < 4.78 is 1.31. The fraction of sp³-hybridized carbons (Fsp3) is 0.200. The molecule has 0 bridgehead atoms. The monoisotopic (exact) mass is 328 g/mol. The Bertz CT molecular complexity index is 744. The van der Waals surface area contributed by atoms with Gasteiger partial charge in [0.05, 0.1) is 0 Å². The number of allylic oxidation sites excluding steroid dienone is 5. The van der Waals surface area contributed by atoms with E-state index in [1.807, 2.05) is 36.5 Å². The number of fused-ring (bicyclic) bond motifs is 1. The average Bonchev–Trinajstić information content (AvgIpc) is 2.84. The van der Waals surface area contributed by atoms with Crippen molar-refractivity contribution in [2.45, 2.75) is 26.7 Å². The largest absolute Gasteiger partial charge is 0.135 e. The summed E-state index contributed by atoms with van der Waals surface area (Å²) in [4.78, 5) is 1.27. The first kappa shape index (κ1) is 16.8. The molecule has 0 nitrogen and oxygen atoms in total. The van der Waals surface area contributed by atoms with Crippen LogP contribution < -0.4 is 0 Å². The van der Waals surface area contributed by atoms with Crippen molar-refractivity contribution in [3.05, 3.63) is 70.1 Å². The van der Waals surface area contributed by atoms with E-state index in [9.17, 15) is 0 Å². The van der Waals surface area contributed by atoms with Crippen molar-refractivity contribution in [2.24, 2.45) is 0 Å². The van der Waals surface area contributed by atoms with Crippen LogP contribution in [0.3, 0.4) is 0 Å². The Balaban J connectivity index is 2.30. The summed E-state index contributed by atoms with van der Waals surface area (Å²) >= 11 is 7.89. The molecule has 2 heteroatoms. The molecule has 2 aromatic rings. The highest BCUT2D eigenvalue weighted by atomic mass is 35.5. The number of benzene rings is 1. The molecule has 22 heavy (non-hydrogen) atoms. The van der Waals surface area contributed by atoms with Gasteiger partial charge in [-0.25, -0.2) is 0 Å². The summed E-state index contributed by atoms with van der Waals surface area (Å²) in [7, 11) is 0. The third-order valence-electron chi connectivity index (χ3n) is 3.37. The molecule has 0 amide bonds. The Morgan fingerprint density at radius 3 is 2.86 bits per heavy atom. The van der Waals surface area contributed by atoms with Gasteiger partial charge in [0.15, 0.2) is 0 Å². The van der Waals surface area contributed by atoms with E-state index >= 15 is 0 Å². The molecule has 0 aliphatic rings. The van der Waals surface area contributed by atoms with Gasteiger partial charge in [-0.15, -0.1) is 11.3 Å². The van der Waals surface area contributed by atoms with Gasteiger partial charge in [-0.05, 0) is 55.2 Å². The lowest BCUT2D eigenvalue weighted by molar-refractivity contribution is 1.22. The molecule has 0 unspecified atom stereocenters. The molecule has 0 atom stereocenters. The van der Waals surface area contributed by atoms with Crippen LogP contribution in [0.5, 0.6) is 0 Å². The number of hydrogen-bond donors (Lipinski definition) is 0. The average molecular weight is 329 g/mol. The van der Waals surface area contributed by atoms with Gasteiger partial charge in [-0.3, -0.25) is 0 Å². The van der Waals surface area contributed by atoms with Crippen LogP contribution in [-0.2, 0) is 6.42 Å². The van der Waals surface area contributed by atoms with E-state index in [1.165, 1.54) is 26.1 Å². The number of rotatable bonds is 6. The lowest BCUT2D eigenvalue weighted by Gasteiger charge is -1.99. The van der Waals surface area contributed by atoms with Crippen molar-refractivity contribution in [1.82, 2.24) is 0 Å². The summed E-state index contributed by atoms with van der Waals surface area (Å²) in [5.74, 6) is 0. The zero-order valence-electron chi connectivity index (χ0n) is 13.1. The molecule has 0 saturated carbocycles. The van der Waals surface area contributed by atoms with E-state index in [0.29, 0.717) is 0 Å². The highest BCUT2D eigenvalue weighted by Gasteiger charge is 2.07. The molecule has 2 rings (SSSR count). The summed E-state index contributed by atoms with van der Waals surface area (Å²) in [6.07, 6.45) is 14.1. The first-order valence-electron chi connectivity index (χ1n) is 7.52. The number of halogens is 1. The summed E-state index contributed by atoms with van der Waals surface area (Å²) in [6, 6.07) is 6.65. The van der Waals surface area contributed by atoms with Crippen molar-refractivity contribution in [2.75, 3.05) is 0 Å². The minimum atomic E-state index is 0.807. The molecule has 1 aromatic carbocycles. The smallest absolute Gasteiger partial charge is 0.0362 e. The molecule has 0 radical (unpaired) electrons. The van der Waals surface area contributed by atoms with Crippen molar-refractivity contribution >= 4 is 45.2 Å². The maximum atomic E-state index is 6.08. The van der Waals surface area contributed by atoms with Gasteiger partial charge in [0.2, 0.25) is 0 Å². The second-order valence-electron chi connectivity index (χ2n) is 5.02. The highest BCUT2D eigenvalue weighted by molar-refractivity contribution is 7.20. The fourth-order valence-corrected chi connectivity index (χ4v) is 3.77. The molecule has 0 aliphatic heterocycles. The lowest BCUT2D eigenvalue weighted by atomic mass is 10.1. The van der Waals surface area contributed by atoms with Gasteiger partial charge < -0.3 is 0 Å². The molecule has 0 N–H and O–H groups in total. The minimum absolute atomic E-state index is 0.807. The van der Waals surface area contributed by atoms with Gasteiger partial charge in [0, 0.05) is 20.0 Å². The van der Waals surface area contributed by atoms with Crippen molar-refractivity contribution in [3.8, 4) is 0 Å². The Labute approximate surface area is 142 Å². The molecule has 0 saturated heterocycles. The SMILES string of the molecule is C=Cc1c(/C=C\C)sc2ccc(C/C=C\C(Cl)=C/CC)cc12. The first-order chi connectivity index (χ1) is 10.7. The highest BCUT2D eigenvalue weighted by Crippen LogP contribution is 2.34. The van der Waals surface area contributed by atoms with Crippen LogP contribution in [0.1, 0.15) is 36.3 Å². The van der Waals surface area contributed by atoms with E-state index in [0.717, 1.165) is 17.9 Å². The topological polar surface area (TPSA) is 0 Å². The Kier molecular flexibility index (Phi) is 6.23. The molecule has 0 fully saturated rings. The second kappa shape index (κ2) is 8.17. The van der Waals surface area contributed by atoms with Gasteiger partial charge in [-0.1, -0.05) is 55.5 Å². The molecular weight excluding hydrogens is 308 g/mol. The Morgan fingerprint density at radius 2 is 2.18 bits per heavy atom. The van der Waals surface area contributed by atoms with Crippen LogP contribution >= 0.6 is 22.9 Å². The van der Waals surface area contributed by atoms with E-state index in [4.69, 9.17) is 11.6 Å². The maximum absolute atomic E-state index is 6.08. The number of thiophene rings is 1. The fourth-order valence-electron chi connectivity index (χ4n) is 2.37. The lowest BCUT2D eigenvalue weighted by Crippen LogP contribution is -1.81. The van der Waals surface area contributed by atoms with Crippen LogP contribution in [0.2, 0.25) is 0 Å². The Morgan fingerprint density at radius 1 is 1.36 bits per heavy atom. The van der Waals surface area contributed by atoms with Crippen LogP contribution in [0.4, 0.5) is 0 Å². The van der Waals surface area contributed by atoms with Gasteiger partial charge in [0.1, 0.15) is 0 Å². The van der Waals surface area contributed by atoms with Gasteiger partial charge in [0.25, 0.3) is 0 Å². The Hall–Kier alpha value is -1.57.